The molecular formula is C16H15F3N2O2S. The lowest BCUT2D eigenvalue weighted by atomic mass is 10.0. The number of sulfonamides is 1. The van der Waals surface area contributed by atoms with E-state index in [4.69, 9.17) is 0 Å². The molecule has 0 amide bonds. The fourth-order valence-corrected chi connectivity index (χ4v) is 3.79. The van der Waals surface area contributed by atoms with Crippen LogP contribution in [0.25, 0.3) is 0 Å². The van der Waals surface area contributed by atoms with Crippen molar-refractivity contribution in [3.05, 3.63) is 59.7 Å². The molecule has 8 heteroatoms. The van der Waals surface area contributed by atoms with Crippen molar-refractivity contribution < 1.29 is 21.6 Å². The molecule has 0 saturated heterocycles. The van der Waals surface area contributed by atoms with Gasteiger partial charge in [0, 0.05) is 6.54 Å². The summed E-state index contributed by atoms with van der Waals surface area (Å²) in [7, 11) is -4.11. The number of rotatable bonds is 3. The number of alkyl halides is 3. The van der Waals surface area contributed by atoms with Crippen LogP contribution in [0.5, 0.6) is 0 Å². The molecule has 128 valence electrons. The van der Waals surface area contributed by atoms with Gasteiger partial charge in [0.1, 0.15) is 0 Å². The Morgan fingerprint density at radius 2 is 1.79 bits per heavy atom. The van der Waals surface area contributed by atoms with E-state index in [-0.39, 0.29) is 0 Å². The van der Waals surface area contributed by atoms with E-state index >= 15 is 0 Å². The minimum atomic E-state index is -4.59. The highest BCUT2D eigenvalue weighted by atomic mass is 32.2. The SMILES string of the molecule is O=S(=O)(NN1CCCc2ccccc21)c1cccc(C(F)(F)F)c1. The second-order valence-corrected chi connectivity index (χ2v) is 7.17. The highest BCUT2D eigenvalue weighted by molar-refractivity contribution is 7.89. The molecule has 24 heavy (non-hydrogen) atoms. The normalized spacial score (nSPS) is 15.2. The van der Waals surface area contributed by atoms with Gasteiger partial charge < -0.3 is 0 Å². The maximum absolute atomic E-state index is 12.8. The third kappa shape index (κ3) is 3.39. The molecule has 4 nitrogen and oxygen atoms in total. The third-order valence-corrected chi connectivity index (χ3v) is 5.15. The lowest BCUT2D eigenvalue weighted by molar-refractivity contribution is -0.137. The number of aryl methyl sites for hydroxylation is 1. The zero-order valence-corrected chi connectivity index (χ0v) is 13.4. The smallest absolute Gasteiger partial charge is 0.294 e. The van der Waals surface area contributed by atoms with Crippen LogP contribution < -0.4 is 9.84 Å². The number of para-hydroxylation sites is 1. The standard InChI is InChI=1S/C16H15F3N2O2S/c17-16(18,19)13-7-3-8-14(11-13)24(22,23)20-21-10-4-6-12-5-1-2-9-15(12)21/h1-3,5,7-9,11,20H,4,6,10H2. The fourth-order valence-electron chi connectivity index (χ4n) is 2.67. The van der Waals surface area contributed by atoms with Crippen LogP contribution in [-0.2, 0) is 22.6 Å². The van der Waals surface area contributed by atoms with Crippen molar-refractivity contribution in [3.63, 3.8) is 0 Å². The van der Waals surface area contributed by atoms with Gasteiger partial charge >= 0.3 is 6.18 Å². The van der Waals surface area contributed by atoms with Crippen molar-refractivity contribution in [3.8, 4) is 0 Å². The second kappa shape index (κ2) is 6.10. The maximum atomic E-state index is 12.8. The number of anilines is 1. The largest absolute Gasteiger partial charge is 0.416 e. The average Bonchev–Trinajstić information content (AvgIpc) is 2.54. The molecular weight excluding hydrogens is 341 g/mol. The number of hydrogen-bond donors (Lipinski definition) is 1. The molecule has 0 radical (unpaired) electrons. The Kier molecular flexibility index (Phi) is 4.27. The van der Waals surface area contributed by atoms with E-state index in [9.17, 15) is 21.6 Å². The van der Waals surface area contributed by atoms with Gasteiger partial charge in [-0.3, -0.25) is 5.01 Å². The first kappa shape index (κ1) is 16.8. The van der Waals surface area contributed by atoms with Crippen LogP contribution in [0, 0.1) is 0 Å². The molecule has 0 atom stereocenters. The predicted molar refractivity (Wildman–Crippen MR) is 83.9 cm³/mol. The van der Waals surface area contributed by atoms with Gasteiger partial charge in [0.25, 0.3) is 10.0 Å². The third-order valence-electron chi connectivity index (χ3n) is 3.81. The molecule has 0 bridgehead atoms. The van der Waals surface area contributed by atoms with Crippen LogP contribution in [0.2, 0.25) is 0 Å². The molecule has 3 rings (SSSR count). The Bertz CT molecular complexity index is 850. The molecule has 2 aromatic carbocycles. The Hall–Kier alpha value is -2.06. The first-order valence-corrected chi connectivity index (χ1v) is 8.81. The van der Waals surface area contributed by atoms with Gasteiger partial charge in [-0.25, -0.2) is 8.42 Å². The van der Waals surface area contributed by atoms with Gasteiger partial charge in [0.05, 0.1) is 16.1 Å². The van der Waals surface area contributed by atoms with Crippen molar-refractivity contribution in [2.45, 2.75) is 23.9 Å². The van der Waals surface area contributed by atoms with Crippen molar-refractivity contribution in [2.75, 3.05) is 11.6 Å². The Labute approximate surface area is 137 Å². The number of hydrazine groups is 1. The Morgan fingerprint density at radius 3 is 2.54 bits per heavy atom. The average molecular weight is 356 g/mol. The summed E-state index contributed by atoms with van der Waals surface area (Å²) in [5, 5.41) is 1.47. The van der Waals surface area contributed by atoms with Crippen molar-refractivity contribution in [2.24, 2.45) is 0 Å². The Morgan fingerprint density at radius 1 is 1.04 bits per heavy atom. The topological polar surface area (TPSA) is 49.4 Å². The van der Waals surface area contributed by atoms with Gasteiger partial charge in [-0.15, -0.1) is 4.83 Å². The van der Waals surface area contributed by atoms with Crippen LogP contribution in [0.1, 0.15) is 17.5 Å². The van der Waals surface area contributed by atoms with Crippen LogP contribution >= 0.6 is 0 Å². The van der Waals surface area contributed by atoms with E-state index in [1.54, 1.807) is 12.1 Å². The van der Waals surface area contributed by atoms with E-state index in [0.29, 0.717) is 12.6 Å². The molecule has 2 aromatic rings. The zero-order valence-electron chi connectivity index (χ0n) is 12.5. The van der Waals surface area contributed by atoms with Crippen molar-refractivity contribution in [1.82, 2.24) is 4.83 Å². The van der Waals surface area contributed by atoms with E-state index in [1.807, 2.05) is 12.1 Å². The predicted octanol–water partition coefficient (Wildman–Crippen LogP) is 3.35. The van der Waals surface area contributed by atoms with Gasteiger partial charge in [-0.05, 0) is 42.7 Å². The van der Waals surface area contributed by atoms with E-state index in [1.165, 1.54) is 5.01 Å². The Balaban J connectivity index is 1.91. The molecule has 1 aliphatic heterocycles. The summed E-state index contributed by atoms with van der Waals surface area (Å²) in [6.07, 6.45) is -3.01. The van der Waals surface area contributed by atoms with Gasteiger partial charge in [0.2, 0.25) is 0 Å². The molecule has 0 aliphatic carbocycles. The number of halogens is 3. The summed E-state index contributed by atoms with van der Waals surface area (Å²) in [5.74, 6) is 0. The summed E-state index contributed by atoms with van der Waals surface area (Å²) in [5.41, 5.74) is 0.721. The number of fused-ring (bicyclic) bond motifs is 1. The van der Waals surface area contributed by atoms with Crippen LogP contribution in [0.15, 0.2) is 53.4 Å². The van der Waals surface area contributed by atoms with Gasteiger partial charge in [-0.2, -0.15) is 13.2 Å². The quantitative estimate of drug-likeness (QED) is 0.918. The van der Waals surface area contributed by atoms with E-state index < -0.39 is 26.7 Å². The lowest BCUT2D eigenvalue weighted by Crippen LogP contribution is -2.45. The van der Waals surface area contributed by atoms with Crippen molar-refractivity contribution in [1.29, 1.82) is 0 Å². The summed E-state index contributed by atoms with van der Waals surface area (Å²) in [4.78, 5) is 1.97. The summed E-state index contributed by atoms with van der Waals surface area (Å²) in [6.45, 7) is 0.454. The zero-order chi connectivity index (χ0) is 17.4. The minimum Gasteiger partial charge on any atom is -0.294 e. The molecule has 1 heterocycles. The van der Waals surface area contributed by atoms with Gasteiger partial charge in [-0.1, -0.05) is 24.3 Å². The number of hydrogen-bond acceptors (Lipinski definition) is 3. The first-order valence-electron chi connectivity index (χ1n) is 7.32. The highest BCUT2D eigenvalue weighted by Crippen LogP contribution is 2.31. The van der Waals surface area contributed by atoms with Crippen LogP contribution in [0.3, 0.4) is 0 Å². The number of nitrogens with one attached hydrogen (secondary N) is 1. The van der Waals surface area contributed by atoms with Crippen molar-refractivity contribution >= 4 is 15.7 Å². The lowest BCUT2D eigenvalue weighted by Gasteiger charge is -2.31. The molecule has 0 fully saturated rings. The monoisotopic (exact) mass is 356 g/mol. The fraction of sp³-hybridized carbons (Fsp3) is 0.250. The van der Waals surface area contributed by atoms with Gasteiger partial charge in [0.15, 0.2) is 0 Å². The van der Waals surface area contributed by atoms with E-state index in [0.717, 1.165) is 42.3 Å². The van der Waals surface area contributed by atoms with Crippen LogP contribution in [-0.4, -0.2) is 15.0 Å². The summed E-state index contributed by atoms with van der Waals surface area (Å²) < 4.78 is 63.3. The van der Waals surface area contributed by atoms with Crippen LogP contribution in [0.4, 0.5) is 18.9 Å². The first-order chi connectivity index (χ1) is 11.3. The molecule has 0 aromatic heterocycles. The summed E-state index contributed by atoms with van der Waals surface area (Å²) >= 11 is 0. The molecule has 1 aliphatic rings. The minimum absolute atomic E-state index is 0.416. The molecule has 1 N–H and O–H groups in total. The summed E-state index contributed by atoms with van der Waals surface area (Å²) in [6, 6.07) is 11.0. The number of nitrogens with zero attached hydrogens (tertiary/aromatic N) is 1. The molecule has 0 spiro atoms. The molecule has 0 unspecified atom stereocenters. The van der Waals surface area contributed by atoms with E-state index in [2.05, 4.69) is 4.83 Å². The number of benzene rings is 2. The molecule has 0 saturated carbocycles. The second-order valence-electron chi connectivity index (χ2n) is 5.50. The highest BCUT2D eigenvalue weighted by Gasteiger charge is 2.32. The maximum Gasteiger partial charge on any atom is 0.416 e.